The first-order valence-electron chi connectivity index (χ1n) is 9.60. The van der Waals surface area contributed by atoms with Crippen molar-refractivity contribution in [2.45, 2.75) is 45.6 Å². The number of nitrogens with zero attached hydrogens (tertiary/aromatic N) is 1. The summed E-state index contributed by atoms with van der Waals surface area (Å²) in [6, 6.07) is 6.01. The normalized spacial score (nSPS) is 11.3. The van der Waals surface area contributed by atoms with Crippen molar-refractivity contribution in [3.05, 3.63) is 30.1 Å². The van der Waals surface area contributed by atoms with Gasteiger partial charge < -0.3 is 25.4 Å². The lowest BCUT2D eigenvalue weighted by atomic mass is 10.2. The Hall–Kier alpha value is -1.78. The highest BCUT2D eigenvalue weighted by Crippen LogP contribution is 2.11. The van der Waals surface area contributed by atoms with Gasteiger partial charge in [0.15, 0.2) is 5.96 Å². The molecule has 0 spiro atoms. The van der Waals surface area contributed by atoms with Gasteiger partial charge in [0, 0.05) is 26.7 Å². The molecule has 0 bridgehead atoms. The first-order valence-corrected chi connectivity index (χ1v) is 9.60. The number of hydrogen-bond donors (Lipinski definition) is 3. The zero-order valence-electron chi connectivity index (χ0n) is 17.7. The maximum Gasteiger partial charge on any atom is 0.407 e. The molecular weight excluding hydrogens is 490 g/mol. The van der Waals surface area contributed by atoms with Crippen molar-refractivity contribution in [1.29, 1.82) is 0 Å². The van der Waals surface area contributed by atoms with E-state index in [9.17, 15) is 9.18 Å². The minimum absolute atomic E-state index is 0. The van der Waals surface area contributed by atoms with E-state index in [1.54, 1.807) is 19.2 Å². The summed E-state index contributed by atoms with van der Waals surface area (Å²) in [5.74, 6) is 1.12. The Bertz CT molecular complexity index is 607. The summed E-state index contributed by atoms with van der Waals surface area (Å²) in [7, 11) is 1.71. The predicted molar refractivity (Wildman–Crippen MR) is 125 cm³/mol. The van der Waals surface area contributed by atoms with E-state index in [2.05, 4.69) is 20.9 Å². The molecule has 166 valence electrons. The largest absolute Gasteiger partial charge is 0.494 e. The van der Waals surface area contributed by atoms with Crippen LogP contribution in [-0.2, 0) is 4.74 Å². The number of aliphatic imine (C=N–C) groups is 1. The van der Waals surface area contributed by atoms with Gasteiger partial charge in [-0.25, -0.2) is 9.18 Å². The fraction of sp³-hybridized carbons (Fsp3) is 0.600. The second-order valence-corrected chi connectivity index (χ2v) is 7.22. The number of ether oxygens (including phenoxy) is 2. The Morgan fingerprint density at radius 1 is 1.00 bits per heavy atom. The highest BCUT2D eigenvalue weighted by molar-refractivity contribution is 14.0. The fourth-order valence-electron chi connectivity index (χ4n) is 2.18. The van der Waals surface area contributed by atoms with Gasteiger partial charge in [0.2, 0.25) is 0 Å². The quantitative estimate of drug-likeness (QED) is 0.188. The summed E-state index contributed by atoms with van der Waals surface area (Å²) in [5.41, 5.74) is -0.488. The molecule has 9 heteroatoms. The lowest BCUT2D eigenvalue weighted by molar-refractivity contribution is 0.0527. The summed E-state index contributed by atoms with van der Waals surface area (Å²) < 4.78 is 23.5. The molecule has 1 rings (SSSR count). The number of amides is 1. The van der Waals surface area contributed by atoms with Crippen LogP contribution in [0.1, 0.15) is 40.0 Å². The van der Waals surface area contributed by atoms with Crippen LogP contribution in [0.4, 0.5) is 9.18 Å². The van der Waals surface area contributed by atoms with Crippen molar-refractivity contribution < 1.29 is 18.7 Å². The van der Waals surface area contributed by atoms with Crippen LogP contribution in [0.3, 0.4) is 0 Å². The van der Waals surface area contributed by atoms with Gasteiger partial charge in [0.05, 0.1) is 6.61 Å². The molecule has 0 aliphatic carbocycles. The molecule has 0 fully saturated rings. The van der Waals surface area contributed by atoms with Crippen molar-refractivity contribution >= 4 is 36.0 Å². The van der Waals surface area contributed by atoms with Gasteiger partial charge in [-0.2, -0.15) is 0 Å². The molecule has 0 aliphatic rings. The smallest absolute Gasteiger partial charge is 0.407 e. The van der Waals surface area contributed by atoms with E-state index in [4.69, 9.17) is 9.47 Å². The summed E-state index contributed by atoms with van der Waals surface area (Å²) in [6.07, 6.45) is 2.15. The molecule has 0 atom stereocenters. The van der Waals surface area contributed by atoms with Crippen LogP contribution in [0.2, 0.25) is 0 Å². The minimum atomic E-state index is -0.488. The van der Waals surface area contributed by atoms with Gasteiger partial charge in [0.1, 0.15) is 17.2 Å². The van der Waals surface area contributed by atoms with E-state index >= 15 is 0 Å². The van der Waals surface area contributed by atoms with Crippen LogP contribution in [-0.4, -0.2) is 50.9 Å². The average molecular weight is 524 g/mol. The molecule has 0 radical (unpaired) electrons. The number of rotatable bonds is 10. The number of alkyl carbamates (subject to hydrolysis) is 1. The number of guanidine groups is 1. The monoisotopic (exact) mass is 524 g/mol. The van der Waals surface area contributed by atoms with Crippen molar-refractivity contribution in [3.63, 3.8) is 0 Å². The number of halogens is 2. The van der Waals surface area contributed by atoms with Gasteiger partial charge in [-0.05, 0) is 64.3 Å². The van der Waals surface area contributed by atoms with Crippen molar-refractivity contribution in [2.75, 3.05) is 33.3 Å². The van der Waals surface area contributed by atoms with E-state index in [1.165, 1.54) is 12.1 Å². The van der Waals surface area contributed by atoms with Crippen LogP contribution < -0.4 is 20.7 Å². The number of nitrogens with one attached hydrogen (secondary N) is 3. The van der Waals surface area contributed by atoms with E-state index in [0.29, 0.717) is 25.4 Å². The van der Waals surface area contributed by atoms with Crippen LogP contribution >= 0.6 is 24.0 Å². The van der Waals surface area contributed by atoms with Gasteiger partial charge in [-0.3, -0.25) is 4.99 Å². The summed E-state index contributed by atoms with van der Waals surface area (Å²) in [5, 5.41) is 9.14. The Balaban J connectivity index is 0.00000784. The SMILES string of the molecule is CN=C(NCCCCOc1ccc(F)cc1)NCCCNC(=O)OC(C)(C)C.I. The first-order chi connectivity index (χ1) is 13.3. The lowest BCUT2D eigenvalue weighted by Crippen LogP contribution is -2.39. The third-order valence-corrected chi connectivity index (χ3v) is 3.48. The third-order valence-electron chi connectivity index (χ3n) is 3.48. The molecule has 29 heavy (non-hydrogen) atoms. The molecule has 7 nitrogen and oxygen atoms in total. The molecular formula is C20H34FIN4O3. The fourth-order valence-corrected chi connectivity index (χ4v) is 2.18. The zero-order chi connectivity index (χ0) is 20.8. The van der Waals surface area contributed by atoms with Crippen molar-refractivity contribution in [3.8, 4) is 5.75 Å². The summed E-state index contributed by atoms with van der Waals surface area (Å²) >= 11 is 0. The number of carbonyl (C=O) groups excluding carboxylic acids is 1. The molecule has 0 saturated heterocycles. The second kappa shape index (κ2) is 15.1. The second-order valence-electron chi connectivity index (χ2n) is 7.22. The van der Waals surface area contributed by atoms with Crippen LogP contribution in [0, 0.1) is 5.82 Å². The molecule has 0 aliphatic heterocycles. The standard InChI is InChI=1S/C20H33FN4O3.HI/c1-20(2,3)28-19(26)25-14-7-13-24-18(22-4)23-12-5-6-15-27-17-10-8-16(21)9-11-17;/h8-11H,5-7,12-15H2,1-4H3,(H,25,26)(H2,22,23,24);1H. The topological polar surface area (TPSA) is 84.0 Å². The highest BCUT2D eigenvalue weighted by atomic mass is 127. The highest BCUT2D eigenvalue weighted by Gasteiger charge is 2.15. The van der Waals surface area contributed by atoms with E-state index < -0.39 is 11.7 Å². The Kier molecular flexibility index (Phi) is 14.2. The Morgan fingerprint density at radius 2 is 1.59 bits per heavy atom. The van der Waals surface area contributed by atoms with Crippen LogP contribution in [0.5, 0.6) is 5.75 Å². The maximum absolute atomic E-state index is 12.8. The molecule has 0 unspecified atom stereocenters. The van der Waals surface area contributed by atoms with Gasteiger partial charge >= 0.3 is 6.09 Å². The maximum atomic E-state index is 12.8. The predicted octanol–water partition coefficient (Wildman–Crippen LogP) is 3.68. The summed E-state index contributed by atoms with van der Waals surface area (Å²) in [4.78, 5) is 15.7. The van der Waals surface area contributed by atoms with Crippen LogP contribution in [0.15, 0.2) is 29.3 Å². The zero-order valence-corrected chi connectivity index (χ0v) is 20.0. The molecule has 1 aromatic rings. The van der Waals surface area contributed by atoms with Gasteiger partial charge in [0.25, 0.3) is 0 Å². The molecule has 3 N–H and O–H groups in total. The number of benzene rings is 1. The molecule has 1 aromatic carbocycles. The molecule has 0 saturated carbocycles. The lowest BCUT2D eigenvalue weighted by Gasteiger charge is -2.19. The molecule has 1 amide bonds. The minimum Gasteiger partial charge on any atom is -0.494 e. The van der Waals surface area contributed by atoms with Gasteiger partial charge in [-0.15, -0.1) is 24.0 Å². The van der Waals surface area contributed by atoms with E-state index in [0.717, 1.165) is 31.8 Å². The first kappa shape index (κ1) is 27.2. The van der Waals surface area contributed by atoms with Crippen molar-refractivity contribution in [1.82, 2.24) is 16.0 Å². The Morgan fingerprint density at radius 3 is 2.17 bits per heavy atom. The van der Waals surface area contributed by atoms with E-state index in [1.807, 2.05) is 20.8 Å². The average Bonchev–Trinajstić information content (AvgIpc) is 2.62. The molecule has 0 aromatic heterocycles. The Labute approximate surface area is 190 Å². The third kappa shape index (κ3) is 14.8. The molecule has 0 heterocycles. The van der Waals surface area contributed by atoms with Crippen LogP contribution in [0.25, 0.3) is 0 Å². The summed E-state index contributed by atoms with van der Waals surface area (Å²) in [6.45, 7) is 8.05. The van der Waals surface area contributed by atoms with Crippen molar-refractivity contribution in [2.24, 2.45) is 4.99 Å². The van der Waals surface area contributed by atoms with E-state index in [-0.39, 0.29) is 29.8 Å². The number of hydrogen-bond acceptors (Lipinski definition) is 4. The number of unbranched alkanes of at least 4 members (excludes halogenated alkanes) is 1. The van der Waals surface area contributed by atoms with Gasteiger partial charge in [-0.1, -0.05) is 0 Å². The number of carbonyl (C=O) groups is 1.